The van der Waals surface area contributed by atoms with E-state index in [9.17, 15) is 19.2 Å². The van der Waals surface area contributed by atoms with Crippen LogP contribution in [0.4, 0.5) is 0 Å². The van der Waals surface area contributed by atoms with E-state index in [1.54, 1.807) is 6.20 Å². The smallest absolute Gasteiger partial charge is 0.303 e. The molecule has 23 heavy (non-hydrogen) atoms. The molecule has 0 fully saturated rings. The van der Waals surface area contributed by atoms with E-state index in [1.165, 1.54) is 6.33 Å². The van der Waals surface area contributed by atoms with Crippen LogP contribution < -0.4 is 16.4 Å². The summed E-state index contributed by atoms with van der Waals surface area (Å²) in [5, 5.41) is 13.4. The summed E-state index contributed by atoms with van der Waals surface area (Å²) in [5.41, 5.74) is 5.51. The van der Waals surface area contributed by atoms with Gasteiger partial charge in [-0.25, -0.2) is 4.98 Å². The number of nitrogens with one attached hydrogen (secondary N) is 3. The number of aromatic nitrogens is 2. The molecule has 0 spiro atoms. The third kappa shape index (κ3) is 7.60. The van der Waals surface area contributed by atoms with E-state index in [4.69, 9.17) is 10.8 Å². The maximum atomic E-state index is 12.0. The third-order valence-corrected chi connectivity index (χ3v) is 2.85. The number of nitrogens with zero attached hydrogens (tertiary/aromatic N) is 1. The predicted octanol–water partition coefficient (Wildman–Crippen LogP) is -1.71. The van der Waals surface area contributed by atoms with E-state index in [1.807, 2.05) is 0 Å². The molecule has 1 aromatic rings. The Kier molecular flexibility index (Phi) is 7.24. The highest BCUT2D eigenvalue weighted by molar-refractivity contribution is 5.90. The minimum atomic E-state index is -0.995. The van der Waals surface area contributed by atoms with Gasteiger partial charge in [-0.05, 0) is 6.42 Å². The molecule has 126 valence electrons. The van der Waals surface area contributed by atoms with Crippen LogP contribution in [0, 0.1) is 0 Å². The number of imidazole rings is 1. The fourth-order valence-electron chi connectivity index (χ4n) is 1.79. The summed E-state index contributed by atoms with van der Waals surface area (Å²) in [5.74, 6) is -2.73. The first-order chi connectivity index (χ1) is 10.9. The molecular weight excluding hydrogens is 306 g/mol. The van der Waals surface area contributed by atoms with E-state index in [0.717, 1.165) is 0 Å². The number of aliphatic carboxylic acids is 1. The molecule has 0 radical (unpaired) electrons. The maximum Gasteiger partial charge on any atom is 0.303 e. The number of hydrogen-bond donors (Lipinski definition) is 5. The summed E-state index contributed by atoms with van der Waals surface area (Å²) in [7, 11) is 0. The largest absolute Gasteiger partial charge is 0.481 e. The molecule has 6 N–H and O–H groups in total. The Morgan fingerprint density at radius 2 is 2.04 bits per heavy atom. The molecule has 0 bridgehead atoms. The van der Waals surface area contributed by atoms with Gasteiger partial charge in [0, 0.05) is 25.5 Å². The Morgan fingerprint density at radius 1 is 1.30 bits per heavy atom. The van der Waals surface area contributed by atoms with Crippen molar-refractivity contribution in [2.75, 3.05) is 6.54 Å². The molecule has 1 atom stereocenters. The zero-order valence-corrected chi connectivity index (χ0v) is 12.4. The van der Waals surface area contributed by atoms with E-state index >= 15 is 0 Å². The molecule has 0 saturated carbocycles. The molecule has 0 aliphatic rings. The first kappa shape index (κ1) is 18.1. The summed E-state index contributed by atoms with van der Waals surface area (Å²) in [6.07, 6.45) is 3.14. The topological polar surface area (TPSA) is 167 Å². The standard InChI is InChI=1S/C13H19N5O5/c14-10(19)6-16-13(23)9(4-8-5-15-7-17-8)18-11(20)2-1-3-12(21)22/h5,7,9H,1-4,6H2,(H2,14,19)(H,15,17)(H,16,23)(H,18,20)(H,21,22). The van der Waals surface area contributed by atoms with Gasteiger partial charge in [-0.1, -0.05) is 0 Å². The zero-order valence-electron chi connectivity index (χ0n) is 12.4. The number of carboxylic acid groups (broad SMARTS) is 1. The number of carbonyl (C=O) groups is 4. The monoisotopic (exact) mass is 325 g/mol. The molecule has 0 saturated heterocycles. The van der Waals surface area contributed by atoms with Crippen molar-refractivity contribution in [3.05, 3.63) is 18.2 Å². The number of amides is 3. The van der Waals surface area contributed by atoms with E-state index in [2.05, 4.69) is 20.6 Å². The Labute approximate surface area is 131 Å². The number of carboxylic acids is 1. The van der Waals surface area contributed by atoms with Crippen molar-refractivity contribution in [1.82, 2.24) is 20.6 Å². The molecule has 1 aromatic heterocycles. The number of rotatable bonds is 10. The lowest BCUT2D eigenvalue weighted by atomic mass is 10.1. The van der Waals surface area contributed by atoms with Crippen LogP contribution in [0.5, 0.6) is 0 Å². The van der Waals surface area contributed by atoms with E-state index < -0.39 is 29.7 Å². The van der Waals surface area contributed by atoms with Crippen molar-refractivity contribution in [3.63, 3.8) is 0 Å². The highest BCUT2D eigenvalue weighted by Crippen LogP contribution is 2.01. The summed E-state index contributed by atoms with van der Waals surface area (Å²) in [6, 6.07) is -0.935. The number of hydrogen-bond acceptors (Lipinski definition) is 5. The van der Waals surface area contributed by atoms with Gasteiger partial charge in [0.15, 0.2) is 0 Å². The van der Waals surface area contributed by atoms with Crippen LogP contribution in [0.2, 0.25) is 0 Å². The van der Waals surface area contributed by atoms with Gasteiger partial charge in [0.1, 0.15) is 6.04 Å². The molecule has 1 heterocycles. The first-order valence-electron chi connectivity index (χ1n) is 6.93. The molecule has 10 nitrogen and oxygen atoms in total. The molecular formula is C13H19N5O5. The molecule has 0 aliphatic heterocycles. The summed E-state index contributed by atoms with van der Waals surface area (Å²) >= 11 is 0. The minimum absolute atomic E-state index is 0.0214. The number of aromatic amines is 1. The van der Waals surface area contributed by atoms with Crippen molar-refractivity contribution >= 4 is 23.7 Å². The first-order valence-corrected chi connectivity index (χ1v) is 6.93. The molecule has 1 unspecified atom stereocenters. The quantitative estimate of drug-likeness (QED) is 0.343. The Hall–Kier alpha value is -2.91. The number of primary amides is 1. The van der Waals surface area contributed by atoms with Crippen molar-refractivity contribution in [3.8, 4) is 0 Å². The molecule has 3 amide bonds. The maximum absolute atomic E-state index is 12.0. The average molecular weight is 325 g/mol. The Balaban J connectivity index is 2.59. The highest BCUT2D eigenvalue weighted by atomic mass is 16.4. The van der Waals surface area contributed by atoms with Gasteiger partial charge in [0.25, 0.3) is 0 Å². The van der Waals surface area contributed by atoms with Gasteiger partial charge in [-0.2, -0.15) is 0 Å². The van der Waals surface area contributed by atoms with Gasteiger partial charge in [-0.15, -0.1) is 0 Å². The second-order valence-corrected chi connectivity index (χ2v) is 4.82. The zero-order chi connectivity index (χ0) is 17.2. The predicted molar refractivity (Wildman–Crippen MR) is 77.9 cm³/mol. The van der Waals surface area contributed by atoms with Crippen molar-refractivity contribution in [2.24, 2.45) is 5.73 Å². The summed E-state index contributed by atoms with van der Waals surface area (Å²) in [6.45, 7) is -0.342. The Bertz CT molecular complexity index is 557. The van der Waals surface area contributed by atoms with Crippen LogP contribution >= 0.6 is 0 Å². The normalized spacial score (nSPS) is 11.5. The van der Waals surface area contributed by atoms with Crippen LogP contribution in [0.15, 0.2) is 12.5 Å². The van der Waals surface area contributed by atoms with Gasteiger partial charge >= 0.3 is 5.97 Å². The lowest BCUT2D eigenvalue weighted by Crippen LogP contribution is -2.49. The van der Waals surface area contributed by atoms with Gasteiger partial charge < -0.3 is 26.5 Å². The van der Waals surface area contributed by atoms with Crippen molar-refractivity contribution in [1.29, 1.82) is 0 Å². The van der Waals surface area contributed by atoms with E-state index in [0.29, 0.717) is 5.69 Å². The van der Waals surface area contributed by atoms with E-state index in [-0.39, 0.29) is 32.2 Å². The van der Waals surface area contributed by atoms with Gasteiger partial charge in [-0.3, -0.25) is 19.2 Å². The number of H-pyrrole nitrogens is 1. The summed E-state index contributed by atoms with van der Waals surface area (Å²) < 4.78 is 0. The fraction of sp³-hybridized carbons (Fsp3) is 0.462. The minimum Gasteiger partial charge on any atom is -0.481 e. The number of carbonyl (C=O) groups excluding carboxylic acids is 3. The number of nitrogens with two attached hydrogens (primary N) is 1. The van der Waals surface area contributed by atoms with Crippen molar-refractivity contribution in [2.45, 2.75) is 31.7 Å². The Morgan fingerprint density at radius 3 is 2.61 bits per heavy atom. The highest BCUT2D eigenvalue weighted by Gasteiger charge is 2.22. The van der Waals surface area contributed by atoms with Crippen LogP contribution in [-0.2, 0) is 25.6 Å². The molecule has 1 rings (SSSR count). The second kappa shape index (κ2) is 9.18. The lowest BCUT2D eigenvalue weighted by Gasteiger charge is -2.17. The fourth-order valence-corrected chi connectivity index (χ4v) is 1.79. The van der Waals surface area contributed by atoms with Crippen LogP contribution in [0.3, 0.4) is 0 Å². The second-order valence-electron chi connectivity index (χ2n) is 4.82. The van der Waals surface area contributed by atoms with Crippen molar-refractivity contribution < 1.29 is 24.3 Å². The molecule has 0 aliphatic carbocycles. The molecule has 10 heteroatoms. The van der Waals surface area contributed by atoms with Crippen LogP contribution in [0.25, 0.3) is 0 Å². The van der Waals surface area contributed by atoms with Crippen LogP contribution in [0.1, 0.15) is 25.0 Å². The third-order valence-electron chi connectivity index (χ3n) is 2.85. The SMILES string of the molecule is NC(=O)CNC(=O)C(Cc1c[nH]cn1)NC(=O)CCCC(=O)O. The molecule has 0 aromatic carbocycles. The van der Waals surface area contributed by atoms with Gasteiger partial charge in [0.2, 0.25) is 17.7 Å². The average Bonchev–Trinajstić information content (AvgIpc) is 2.96. The lowest BCUT2D eigenvalue weighted by molar-refractivity contribution is -0.137. The van der Waals surface area contributed by atoms with Gasteiger partial charge in [0.05, 0.1) is 18.6 Å². The van der Waals surface area contributed by atoms with Crippen LogP contribution in [-0.4, -0.2) is 51.4 Å². The summed E-state index contributed by atoms with van der Waals surface area (Å²) in [4.78, 5) is 51.7.